The van der Waals surface area contributed by atoms with E-state index in [0.717, 1.165) is 23.2 Å². The average Bonchev–Trinajstić information content (AvgIpc) is 3.17. The van der Waals surface area contributed by atoms with Crippen LogP contribution < -0.4 is 14.9 Å². The lowest BCUT2D eigenvalue weighted by atomic mass is 10.0. The largest absolute Gasteiger partial charge is 0.325 e. The minimum absolute atomic E-state index is 0.0712. The molecule has 1 aliphatic heterocycles. The molecule has 3 rings (SSSR count). The number of rotatable bonds is 8. The first kappa shape index (κ1) is 23.9. The van der Waals surface area contributed by atoms with Crippen LogP contribution in [0.4, 0.5) is 11.4 Å². The van der Waals surface area contributed by atoms with Gasteiger partial charge in [-0.3, -0.25) is 9.59 Å². The highest BCUT2D eigenvalue weighted by Crippen LogP contribution is 2.30. The minimum atomic E-state index is -3.93. The zero-order valence-corrected chi connectivity index (χ0v) is 19.8. The number of hydrogen-bond acceptors (Lipinski definition) is 4. The van der Waals surface area contributed by atoms with E-state index in [4.69, 9.17) is 0 Å². The lowest BCUT2D eigenvalue weighted by Gasteiger charge is -2.21. The lowest BCUT2D eigenvalue weighted by molar-refractivity contribution is -0.118. The van der Waals surface area contributed by atoms with Gasteiger partial charge >= 0.3 is 0 Å². The topological polar surface area (TPSA) is 95.6 Å². The number of benzene rings is 2. The summed E-state index contributed by atoms with van der Waals surface area (Å²) >= 11 is 0. The molecule has 0 aliphatic carbocycles. The zero-order chi connectivity index (χ0) is 23.5. The number of nitrogens with one attached hydrogen (secondary N) is 2. The molecule has 0 saturated heterocycles. The standard InChI is InChI=1S/C24H31N3O4S/c1-5-18-6-8-20(9-7-18)25-24(29)22(14-16(2)3)26-32(30,31)21-10-11-23-19(15-21)12-13-27(23)17(4)28/h6-11,15-16,22,26H,5,12-14H2,1-4H3,(H,25,29). The van der Waals surface area contributed by atoms with Gasteiger partial charge in [0.2, 0.25) is 21.8 Å². The van der Waals surface area contributed by atoms with E-state index in [1.807, 2.05) is 38.1 Å². The first-order chi connectivity index (χ1) is 15.1. The quantitative estimate of drug-likeness (QED) is 0.634. The SMILES string of the molecule is CCc1ccc(NC(=O)C(CC(C)C)NS(=O)(=O)c2ccc3c(c2)CCN3C(C)=O)cc1. The van der Waals surface area contributed by atoms with Crippen molar-refractivity contribution in [1.29, 1.82) is 0 Å². The van der Waals surface area contributed by atoms with Crippen LogP contribution in [0.2, 0.25) is 0 Å². The Kier molecular flexibility index (Phi) is 7.36. The third-order valence-corrected chi connectivity index (χ3v) is 7.06. The van der Waals surface area contributed by atoms with Crippen LogP contribution >= 0.6 is 0 Å². The Morgan fingerprint density at radius 1 is 1.09 bits per heavy atom. The summed E-state index contributed by atoms with van der Waals surface area (Å²) in [7, 11) is -3.93. The summed E-state index contributed by atoms with van der Waals surface area (Å²) in [4.78, 5) is 26.4. The van der Waals surface area contributed by atoms with Gasteiger partial charge in [0.1, 0.15) is 6.04 Å². The number of sulfonamides is 1. The highest BCUT2D eigenvalue weighted by atomic mass is 32.2. The van der Waals surface area contributed by atoms with Crippen molar-refractivity contribution in [3.05, 3.63) is 53.6 Å². The molecule has 0 fully saturated rings. The van der Waals surface area contributed by atoms with Crippen LogP contribution in [-0.4, -0.2) is 32.8 Å². The van der Waals surface area contributed by atoms with Gasteiger partial charge < -0.3 is 10.2 Å². The summed E-state index contributed by atoms with van der Waals surface area (Å²) in [6, 6.07) is 11.3. The monoisotopic (exact) mass is 457 g/mol. The maximum atomic E-state index is 13.1. The molecule has 8 heteroatoms. The molecular formula is C24H31N3O4S. The highest BCUT2D eigenvalue weighted by molar-refractivity contribution is 7.89. The van der Waals surface area contributed by atoms with E-state index in [2.05, 4.69) is 17.0 Å². The molecule has 2 amide bonds. The number of carbonyl (C=O) groups excluding carboxylic acids is 2. The van der Waals surface area contributed by atoms with E-state index in [9.17, 15) is 18.0 Å². The van der Waals surface area contributed by atoms with E-state index < -0.39 is 22.0 Å². The Morgan fingerprint density at radius 2 is 1.78 bits per heavy atom. The van der Waals surface area contributed by atoms with Crippen LogP contribution in [0, 0.1) is 5.92 Å². The Bertz CT molecular complexity index is 1090. The third kappa shape index (κ3) is 5.55. The van der Waals surface area contributed by atoms with Crippen LogP contribution in [-0.2, 0) is 32.5 Å². The minimum Gasteiger partial charge on any atom is -0.325 e. The summed E-state index contributed by atoms with van der Waals surface area (Å²) in [5, 5.41) is 2.82. The van der Waals surface area contributed by atoms with Crippen molar-refractivity contribution in [2.45, 2.75) is 57.9 Å². The molecule has 0 bridgehead atoms. The van der Waals surface area contributed by atoms with Crippen molar-refractivity contribution in [1.82, 2.24) is 4.72 Å². The normalized spacial score (nSPS) is 14.3. The van der Waals surface area contributed by atoms with E-state index in [-0.39, 0.29) is 16.7 Å². The number of fused-ring (bicyclic) bond motifs is 1. The molecule has 1 aliphatic rings. The van der Waals surface area contributed by atoms with Gasteiger partial charge in [-0.1, -0.05) is 32.9 Å². The van der Waals surface area contributed by atoms with Gasteiger partial charge in [-0.15, -0.1) is 0 Å². The molecule has 32 heavy (non-hydrogen) atoms. The Balaban J connectivity index is 1.79. The molecule has 2 aromatic rings. The van der Waals surface area contributed by atoms with Crippen LogP contribution in [0.5, 0.6) is 0 Å². The van der Waals surface area contributed by atoms with Crippen molar-refractivity contribution >= 4 is 33.2 Å². The fraction of sp³-hybridized carbons (Fsp3) is 0.417. The van der Waals surface area contributed by atoms with Gasteiger partial charge in [0, 0.05) is 24.8 Å². The fourth-order valence-corrected chi connectivity index (χ4v) is 5.12. The second-order valence-electron chi connectivity index (χ2n) is 8.55. The van der Waals surface area contributed by atoms with Gasteiger partial charge in [-0.2, -0.15) is 4.72 Å². The van der Waals surface area contributed by atoms with Crippen LogP contribution in [0.15, 0.2) is 47.4 Å². The van der Waals surface area contributed by atoms with Crippen molar-refractivity contribution < 1.29 is 18.0 Å². The molecule has 0 saturated carbocycles. The molecule has 0 spiro atoms. The maximum absolute atomic E-state index is 13.1. The Hall–Kier alpha value is -2.71. The highest BCUT2D eigenvalue weighted by Gasteiger charge is 2.29. The lowest BCUT2D eigenvalue weighted by Crippen LogP contribution is -2.44. The maximum Gasteiger partial charge on any atom is 0.242 e. The van der Waals surface area contributed by atoms with Gasteiger partial charge in [0.25, 0.3) is 0 Å². The number of aryl methyl sites for hydroxylation is 1. The molecule has 1 atom stereocenters. The average molecular weight is 458 g/mol. The van der Waals surface area contributed by atoms with Crippen molar-refractivity contribution in [2.24, 2.45) is 5.92 Å². The van der Waals surface area contributed by atoms with E-state index >= 15 is 0 Å². The van der Waals surface area contributed by atoms with Crippen molar-refractivity contribution in [3.63, 3.8) is 0 Å². The van der Waals surface area contributed by atoms with Crippen LogP contribution in [0.25, 0.3) is 0 Å². The second kappa shape index (κ2) is 9.83. The summed E-state index contributed by atoms with van der Waals surface area (Å²) < 4.78 is 28.8. The van der Waals surface area contributed by atoms with E-state index in [1.165, 1.54) is 13.0 Å². The summed E-state index contributed by atoms with van der Waals surface area (Å²) in [6.45, 7) is 7.97. The van der Waals surface area contributed by atoms with Crippen LogP contribution in [0.3, 0.4) is 0 Å². The second-order valence-corrected chi connectivity index (χ2v) is 10.3. The van der Waals surface area contributed by atoms with E-state index in [0.29, 0.717) is 25.1 Å². The summed E-state index contributed by atoms with van der Waals surface area (Å²) in [6.07, 6.45) is 1.86. The fourth-order valence-electron chi connectivity index (χ4n) is 3.86. The third-order valence-electron chi connectivity index (χ3n) is 5.59. The summed E-state index contributed by atoms with van der Waals surface area (Å²) in [5.74, 6) is -0.353. The first-order valence-electron chi connectivity index (χ1n) is 10.9. The number of amides is 2. The molecule has 0 radical (unpaired) electrons. The molecule has 1 heterocycles. The molecule has 2 N–H and O–H groups in total. The molecule has 7 nitrogen and oxygen atoms in total. The predicted molar refractivity (Wildman–Crippen MR) is 126 cm³/mol. The number of nitrogens with zero attached hydrogens (tertiary/aromatic N) is 1. The van der Waals surface area contributed by atoms with Gasteiger partial charge in [-0.05, 0) is 66.6 Å². The summed E-state index contributed by atoms with van der Waals surface area (Å²) in [5.41, 5.74) is 3.33. The van der Waals surface area contributed by atoms with Gasteiger partial charge in [-0.25, -0.2) is 8.42 Å². The first-order valence-corrected chi connectivity index (χ1v) is 12.4. The zero-order valence-electron chi connectivity index (χ0n) is 19.0. The van der Waals surface area contributed by atoms with Crippen molar-refractivity contribution in [2.75, 3.05) is 16.8 Å². The smallest absolute Gasteiger partial charge is 0.242 e. The van der Waals surface area contributed by atoms with Crippen LogP contribution in [0.1, 0.15) is 45.2 Å². The van der Waals surface area contributed by atoms with E-state index in [1.54, 1.807) is 17.0 Å². The number of carbonyl (C=O) groups is 2. The van der Waals surface area contributed by atoms with Gasteiger partial charge in [0.05, 0.1) is 4.90 Å². The molecule has 0 aromatic heterocycles. The van der Waals surface area contributed by atoms with Crippen molar-refractivity contribution in [3.8, 4) is 0 Å². The molecule has 2 aromatic carbocycles. The number of hydrogen-bond donors (Lipinski definition) is 2. The molecular weight excluding hydrogens is 426 g/mol. The Labute approximate surface area is 190 Å². The number of anilines is 2. The predicted octanol–water partition coefficient (Wildman–Crippen LogP) is 3.49. The molecule has 1 unspecified atom stereocenters. The Morgan fingerprint density at radius 3 is 2.38 bits per heavy atom. The van der Waals surface area contributed by atoms with Gasteiger partial charge in [0.15, 0.2) is 0 Å². The molecule has 172 valence electrons.